The number of carbonyl (C=O) groups is 1. The van der Waals surface area contributed by atoms with Gasteiger partial charge in [-0.2, -0.15) is 0 Å². The van der Waals surface area contributed by atoms with Crippen molar-refractivity contribution in [3.63, 3.8) is 0 Å². The summed E-state index contributed by atoms with van der Waals surface area (Å²) in [6.45, 7) is 1.67. The number of fused-ring (bicyclic) bond motifs is 1. The third-order valence-corrected chi connectivity index (χ3v) is 2.76. The Hall–Kier alpha value is -0.830. The summed E-state index contributed by atoms with van der Waals surface area (Å²) in [5.74, 6) is -1.44. The summed E-state index contributed by atoms with van der Waals surface area (Å²) in [4.78, 5) is 10.7. The van der Waals surface area contributed by atoms with Gasteiger partial charge in [-0.1, -0.05) is 49.4 Å². The number of hydrogen-bond acceptors (Lipinski definition) is 2. The summed E-state index contributed by atoms with van der Waals surface area (Å²) in [5.41, 5.74) is 1.04. The first-order valence-electron chi connectivity index (χ1n) is 5.35. The molecule has 0 heterocycles. The maximum atomic E-state index is 10.7. The van der Waals surface area contributed by atoms with Crippen molar-refractivity contribution in [1.29, 1.82) is 0 Å². The SMILES string of the molecule is C[C@H](Cc1ccc2ccccc2c1)C(=O)[O-].[Na+]. The van der Waals surface area contributed by atoms with E-state index >= 15 is 0 Å². The van der Waals surface area contributed by atoms with Crippen molar-refractivity contribution in [3.05, 3.63) is 48.0 Å². The second kappa shape index (κ2) is 6.20. The van der Waals surface area contributed by atoms with Crippen molar-refractivity contribution in [2.24, 2.45) is 5.92 Å². The van der Waals surface area contributed by atoms with E-state index in [1.165, 1.54) is 5.39 Å². The number of benzene rings is 2. The van der Waals surface area contributed by atoms with Crippen LogP contribution in [0.3, 0.4) is 0 Å². The molecular weight excluding hydrogens is 223 g/mol. The molecule has 0 saturated carbocycles. The maximum absolute atomic E-state index is 10.7. The second-order valence-corrected chi connectivity index (χ2v) is 4.11. The molecule has 1 atom stereocenters. The van der Waals surface area contributed by atoms with E-state index in [4.69, 9.17) is 0 Å². The molecule has 0 N–H and O–H groups in total. The van der Waals surface area contributed by atoms with Gasteiger partial charge in [0.15, 0.2) is 0 Å². The second-order valence-electron chi connectivity index (χ2n) is 4.11. The topological polar surface area (TPSA) is 40.1 Å². The van der Waals surface area contributed by atoms with Crippen LogP contribution in [0.1, 0.15) is 12.5 Å². The Labute approximate surface area is 123 Å². The number of hydrogen-bond donors (Lipinski definition) is 0. The minimum absolute atomic E-state index is 0. The summed E-state index contributed by atoms with van der Waals surface area (Å²) in [5, 5.41) is 13.0. The van der Waals surface area contributed by atoms with Crippen molar-refractivity contribution in [1.82, 2.24) is 0 Å². The van der Waals surface area contributed by atoms with Gasteiger partial charge in [0, 0.05) is 5.97 Å². The monoisotopic (exact) mass is 236 g/mol. The van der Waals surface area contributed by atoms with E-state index in [-0.39, 0.29) is 29.6 Å². The van der Waals surface area contributed by atoms with Crippen LogP contribution in [0.5, 0.6) is 0 Å². The number of carbonyl (C=O) groups excluding carboxylic acids is 1. The minimum Gasteiger partial charge on any atom is -0.550 e. The Morgan fingerprint density at radius 3 is 2.47 bits per heavy atom. The molecule has 17 heavy (non-hydrogen) atoms. The minimum atomic E-state index is -0.992. The quantitative estimate of drug-likeness (QED) is 0.626. The molecule has 0 radical (unpaired) electrons. The first-order valence-corrected chi connectivity index (χ1v) is 5.35. The van der Waals surface area contributed by atoms with E-state index in [0.717, 1.165) is 10.9 Å². The third kappa shape index (κ3) is 3.56. The molecule has 0 amide bonds. The fourth-order valence-electron chi connectivity index (χ4n) is 1.80. The predicted molar refractivity (Wildman–Crippen MR) is 61.8 cm³/mol. The van der Waals surface area contributed by atoms with Crippen molar-refractivity contribution >= 4 is 16.7 Å². The fraction of sp³-hybridized carbons (Fsp3) is 0.214. The average Bonchev–Trinajstić information content (AvgIpc) is 2.28. The normalized spacial score (nSPS) is 11.8. The van der Waals surface area contributed by atoms with Gasteiger partial charge < -0.3 is 9.90 Å². The Morgan fingerprint density at radius 2 is 1.82 bits per heavy atom. The molecule has 82 valence electrons. The van der Waals surface area contributed by atoms with Crippen molar-refractivity contribution < 1.29 is 39.5 Å². The van der Waals surface area contributed by atoms with E-state index in [0.29, 0.717) is 6.42 Å². The Kier molecular flexibility index (Phi) is 5.19. The van der Waals surface area contributed by atoms with Crippen LogP contribution >= 0.6 is 0 Å². The summed E-state index contributed by atoms with van der Waals surface area (Å²) in [7, 11) is 0. The fourth-order valence-corrected chi connectivity index (χ4v) is 1.80. The summed E-state index contributed by atoms with van der Waals surface area (Å²) in [6.07, 6.45) is 0.521. The van der Waals surface area contributed by atoms with Gasteiger partial charge in [0.25, 0.3) is 0 Å². The zero-order valence-electron chi connectivity index (χ0n) is 10.1. The van der Waals surface area contributed by atoms with Gasteiger partial charge in [-0.25, -0.2) is 0 Å². The van der Waals surface area contributed by atoms with Crippen molar-refractivity contribution in [2.45, 2.75) is 13.3 Å². The van der Waals surface area contributed by atoms with E-state index in [1.807, 2.05) is 42.5 Å². The molecule has 0 aromatic heterocycles. The van der Waals surface area contributed by atoms with Gasteiger partial charge in [0.1, 0.15) is 0 Å². The molecular formula is C14H13NaO2. The van der Waals surface area contributed by atoms with Crippen LogP contribution < -0.4 is 34.7 Å². The maximum Gasteiger partial charge on any atom is 1.00 e. The van der Waals surface area contributed by atoms with E-state index in [1.54, 1.807) is 6.92 Å². The first kappa shape index (κ1) is 14.2. The standard InChI is InChI=1S/C14H14O2.Na/c1-10(14(15)16)8-11-6-7-12-4-2-3-5-13(12)9-11;/h2-7,9-10H,8H2,1H3,(H,15,16);/q;+1/p-1/t10-;/m1./s1. The molecule has 2 rings (SSSR count). The molecule has 2 nitrogen and oxygen atoms in total. The van der Waals surface area contributed by atoms with E-state index in [2.05, 4.69) is 0 Å². The summed E-state index contributed by atoms with van der Waals surface area (Å²) >= 11 is 0. The van der Waals surface area contributed by atoms with Crippen LogP contribution in [0.4, 0.5) is 0 Å². The van der Waals surface area contributed by atoms with Crippen LogP contribution in [0.2, 0.25) is 0 Å². The van der Waals surface area contributed by atoms with Crippen LogP contribution in [0.15, 0.2) is 42.5 Å². The zero-order chi connectivity index (χ0) is 11.5. The Balaban J connectivity index is 0.00000144. The molecule has 0 aliphatic rings. The van der Waals surface area contributed by atoms with Crippen LogP contribution in [-0.4, -0.2) is 5.97 Å². The van der Waals surface area contributed by atoms with Crippen LogP contribution in [0, 0.1) is 5.92 Å². The molecule has 0 aliphatic carbocycles. The van der Waals surface area contributed by atoms with E-state index < -0.39 is 11.9 Å². The zero-order valence-corrected chi connectivity index (χ0v) is 12.1. The van der Waals surface area contributed by atoms with Gasteiger partial charge in [0.05, 0.1) is 0 Å². The number of aliphatic carboxylic acids is 1. The smallest absolute Gasteiger partial charge is 0.550 e. The summed E-state index contributed by atoms with van der Waals surface area (Å²) in [6, 6.07) is 14.1. The van der Waals surface area contributed by atoms with Gasteiger partial charge in [-0.05, 0) is 28.7 Å². The number of carboxylic acids is 1. The van der Waals surface area contributed by atoms with Crippen LogP contribution in [-0.2, 0) is 11.2 Å². The molecule has 0 spiro atoms. The average molecular weight is 236 g/mol. The van der Waals surface area contributed by atoms with E-state index in [9.17, 15) is 9.90 Å². The molecule has 0 saturated heterocycles. The van der Waals surface area contributed by atoms with Crippen molar-refractivity contribution in [2.75, 3.05) is 0 Å². The molecule has 2 aromatic rings. The van der Waals surface area contributed by atoms with Crippen LogP contribution in [0.25, 0.3) is 10.8 Å². The molecule has 3 heteroatoms. The Bertz CT molecular complexity index is 522. The molecule has 0 bridgehead atoms. The first-order chi connectivity index (χ1) is 7.66. The van der Waals surface area contributed by atoms with Gasteiger partial charge in [-0.3, -0.25) is 0 Å². The molecule has 2 aromatic carbocycles. The van der Waals surface area contributed by atoms with Gasteiger partial charge in [-0.15, -0.1) is 0 Å². The van der Waals surface area contributed by atoms with Gasteiger partial charge in [0.2, 0.25) is 0 Å². The largest absolute Gasteiger partial charge is 1.00 e. The predicted octanol–water partition coefficient (Wildman–Crippen LogP) is -1.23. The Morgan fingerprint density at radius 1 is 1.18 bits per heavy atom. The molecule has 0 unspecified atom stereocenters. The van der Waals surface area contributed by atoms with Crippen molar-refractivity contribution in [3.8, 4) is 0 Å². The third-order valence-electron chi connectivity index (χ3n) is 2.76. The number of carboxylic acid groups (broad SMARTS) is 1. The molecule has 0 aliphatic heterocycles. The number of rotatable bonds is 3. The molecule has 0 fully saturated rings. The van der Waals surface area contributed by atoms with Gasteiger partial charge >= 0.3 is 29.6 Å². The summed E-state index contributed by atoms with van der Waals surface area (Å²) < 4.78 is 0.